The lowest BCUT2D eigenvalue weighted by molar-refractivity contribution is 0.0507. The average molecular weight is 527 g/mol. The van der Waals surface area contributed by atoms with Crippen LogP contribution in [-0.4, -0.2) is 63.3 Å². The van der Waals surface area contributed by atoms with Gasteiger partial charge in [-0.15, -0.1) is 24.0 Å². The first-order valence-electron chi connectivity index (χ1n) is 9.72. The quantitative estimate of drug-likeness (QED) is 0.361. The van der Waals surface area contributed by atoms with Gasteiger partial charge >= 0.3 is 6.09 Å². The molecule has 10 heteroatoms. The van der Waals surface area contributed by atoms with E-state index in [1.165, 1.54) is 0 Å². The van der Waals surface area contributed by atoms with E-state index in [9.17, 15) is 4.79 Å². The normalized spacial score (nSPS) is 16.7. The molecule has 0 spiro atoms. The number of halogens is 1. The Kier molecular flexibility index (Phi) is 8.44. The molecule has 0 aliphatic carbocycles. The lowest BCUT2D eigenvalue weighted by Gasteiger charge is -2.23. The number of nitrogens with one attached hydrogen (secondary N) is 2. The number of aromatic nitrogens is 3. The number of hydrogen-bond donors (Lipinski definition) is 2. The fourth-order valence-electron chi connectivity index (χ4n) is 3.13. The predicted molar refractivity (Wildman–Crippen MR) is 126 cm³/mol. The second-order valence-electron chi connectivity index (χ2n) is 7.97. The highest BCUT2D eigenvalue weighted by Gasteiger charge is 2.27. The third kappa shape index (κ3) is 6.85. The van der Waals surface area contributed by atoms with E-state index in [2.05, 4.69) is 30.5 Å². The fraction of sp³-hybridized carbons (Fsp3) is 0.500. The third-order valence-corrected chi connectivity index (χ3v) is 4.45. The number of hydrogen-bond acceptors (Lipinski definition) is 5. The zero-order valence-electron chi connectivity index (χ0n) is 17.8. The minimum Gasteiger partial charge on any atom is -0.444 e. The van der Waals surface area contributed by atoms with Crippen molar-refractivity contribution in [1.29, 1.82) is 0 Å². The van der Waals surface area contributed by atoms with Crippen LogP contribution in [0.5, 0.6) is 0 Å². The van der Waals surface area contributed by atoms with Gasteiger partial charge in [-0.3, -0.25) is 9.56 Å². The van der Waals surface area contributed by atoms with Gasteiger partial charge in [-0.25, -0.2) is 14.8 Å². The summed E-state index contributed by atoms with van der Waals surface area (Å²) in [6.45, 7) is 7.70. The lowest BCUT2D eigenvalue weighted by atomic mass is 10.2. The number of ether oxygens (including phenoxy) is 1. The Labute approximate surface area is 194 Å². The smallest absolute Gasteiger partial charge is 0.407 e. The summed E-state index contributed by atoms with van der Waals surface area (Å²) in [4.78, 5) is 27.0. The molecule has 1 fully saturated rings. The van der Waals surface area contributed by atoms with Crippen LogP contribution in [0, 0.1) is 0 Å². The summed E-state index contributed by atoms with van der Waals surface area (Å²) in [5.74, 6) is 1.63. The van der Waals surface area contributed by atoms with Crippen molar-refractivity contribution in [3.05, 3.63) is 42.6 Å². The average Bonchev–Trinajstić information content (AvgIpc) is 3.33. The van der Waals surface area contributed by atoms with Crippen LogP contribution in [0.2, 0.25) is 0 Å². The number of aliphatic imine (C=N–C) groups is 1. The van der Waals surface area contributed by atoms with Gasteiger partial charge in [0.25, 0.3) is 0 Å². The van der Waals surface area contributed by atoms with Crippen molar-refractivity contribution < 1.29 is 9.53 Å². The van der Waals surface area contributed by atoms with Gasteiger partial charge in [0.2, 0.25) is 0 Å². The maximum Gasteiger partial charge on any atom is 0.407 e. The molecule has 0 radical (unpaired) electrons. The summed E-state index contributed by atoms with van der Waals surface area (Å²) in [5.41, 5.74) is 0.555. The van der Waals surface area contributed by atoms with Crippen LogP contribution in [0.3, 0.4) is 0 Å². The fourth-order valence-corrected chi connectivity index (χ4v) is 3.13. The number of nitrogens with zero attached hydrogens (tertiary/aromatic N) is 5. The summed E-state index contributed by atoms with van der Waals surface area (Å²) in [6.07, 6.45) is 7.61. The third-order valence-electron chi connectivity index (χ3n) is 4.45. The van der Waals surface area contributed by atoms with Crippen molar-refractivity contribution in [3.63, 3.8) is 0 Å². The molecule has 2 aromatic rings. The van der Waals surface area contributed by atoms with Gasteiger partial charge in [0.15, 0.2) is 5.96 Å². The van der Waals surface area contributed by atoms with E-state index in [1.54, 1.807) is 19.6 Å². The molecule has 164 valence electrons. The molecule has 2 N–H and O–H groups in total. The minimum atomic E-state index is -0.499. The summed E-state index contributed by atoms with van der Waals surface area (Å²) >= 11 is 0. The van der Waals surface area contributed by atoms with E-state index in [0.717, 1.165) is 30.3 Å². The molecule has 3 heterocycles. The van der Waals surface area contributed by atoms with Crippen LogP contribution in [0.4, 0.5) is 4.79 Å². The topological polar surface area (TPSA) is 96.7 Å². The highest BCUT2D eigenvalue weighted by Crippen LogP contribution is 2.12. The molecule has 3 rings (SSSR count). The zero-order chi connectivity index (χ0) is 20.9. The number of amides is 1. The molecule has 1 amide bonds. The summed E-state index contributed by atoms with van der Waals surface area (Å²) in [5, 5.41) is 6.30. The molecule has 0 bridgehead atoms. The number of imidazole rings is 1. The number of likely N-dealkylation sites (tertiary alicyclic amines) is 1. The molecule has 0 aromatic carbocycles. The molecule has 1 aliphatic heterocycles. The van der Waals surface area contributed by atoms with Gasteiger partial charge in [0.1, 0.15) is 17.7 Å². The maximum atomic E-state index is 12.0. The van der Waals surface area contributed by atoms with Crippen molar-refractivity contribution in [1.82, 2.24) is 30.1 Å². The number of alkyl carbamates (subject to hydrolysis) is 1. The summed E-state index contributed by atoms with van der Waals surface area (Å²) in [6, 6.07) is 4.02. The lowest BCUT2D eigenvalue weighted by Crippen LogP contribution is -2.44. The van der Waals surface area contributed by atoms with Gasteiger partial charge in [0, 0.05) is 45.3 Å². The van der Waals surface area contributed by atoms with E-state index >= 15 is 0 Å². The highest BCUT2D eigenvalue weighted by molar-refractivity contribution is 14.0. The van der Waals surface area contributed by atoms with Crippen LogP contribution in [0.25, 0.3) is 5.82 Å². The SMILES string of the molecule is CN=C(NCc1ccc(-n2ccnc2)nc1)N1CC[C@@H](NC(=O)OC(C)(C)C)C1.I. The second-order valence-corrected chi connectivity index (χ2v) is 7.97. The molecule has 1 atom stereocenters. The van der Waals surface area contributed by atoms with E-state index in [1.807, 2.05) is 49.9 Å². The molecular weight excluding hydrogens is 497 g/mol. The van der Waals surface area contributed by atoms with E-state index in [4.69, 9.17) is 4.74 Å². The Morgan fingerprint density at radius 1 is 1.37 bits per heavy atom. The molecular formula is C20H30IN7O2. The van der Waals surface area contributed by atoms with Crippen molar-refractivity contribution in [3.8, 4) is 5.82 Å². The standard InChI is InChI=1S/C20H29N7O2.HI/c1-20(2,3)29-19(28)25-16-7-9-26(13-16)18(21-4)24-12-15-5-6-17(23-11-15)27-10-8-22-14-27;/h5-6,8,10-11,14,16H,7,9,12-13H2,1-4H3,(H,21,24)(H,25,28);1H/t16-;/m1./s1. The first-order valence-corrected chi connectivity index (χ1v) is 9.72. The Morgan fingerprint density at radius 2 is 2.17 bits per heavy atom. The first-order chi connectivity index (χ1) is 13.8. The van der Waals surface area contributed by atoms with E-state index in [-0.39, 0.29) is 36.1 Å². The minimum absolute atomic E-state index is 0. The highest BCUT2D eigenvalue weighted by atomic mass is 127. The number of carbonyl (C=O) groups is 1. The summed E-state index contributed by atoms with van der Waals surface area (Å²) < 4.78 is 7.20. The zero-order valence-corrected chi connectivity index (χ0v) is 20.2. The predicted octanol–water partition coefficient (Wildman–Crippen LogP) is 2.56. The van der Waals surface area contributed by atoms with Crippen LogP contribution in [0.15, 0.2) is 42.0 Å². The number of pyridine rings is 1. The number of guanidine groups is 1. The van der Waals surface area contributed by atoms with Crippen molar-refractivity contribution in [2.45, 2.75) is 45.4 Å². The number of rotatable bonds is 4. The molecule has 30 heavy (non-hydrogen) atoms. The number of carbonyl (C=O) groups excluding carboxylic acids is 1. The largest absolute Gasteiger partial charge is 0.444 e. The van der Waals surface area contributed by atoms with Gasteiger partial charge in [-0.05, 0) is 38.8 Å². The van der Waals surface area contributed by atoms with Gasteiger partial charge in [-0.2, -0.15) is 0 Å². The first kappa shape index (κ1) is 23.9. The molecule has 1 saturated heterocycles. The van der Waals surface area contributed by atoms with Crippen LogP contribution in [0.1, 0.15) is 32.8 Å². The molecule has 2 aromatic heterocycles. The molecule has 1 aliphatic rings. The van der Waals surface area contributed by atoms with Crippen molar-refractivity contribution in [2.75, 3.05) is 20.1 Å². The molecule has 0 unspecified atom stereocenters. The van der Waals surface area contributed by atoms with Gasteiger partial charge in [-0.1, -0.05) is 6.07 Å². The Bertz CT molecular complexity index is 832. The van der Waals surface area contributed by atoms with Crippen molar-refractivity contribution in [2.24, 2.45) is 4.99 Å². The van der Waals surface area contributed by atoms with Crippen molar-refractivity contribution >= 4 is 36.0 Å². The Hall–Kier alpha value is -2.37. The molecule has 9 nitrogen and oxygen atoms in total. The van der Waals surface area contributed by atoms with Crippen LogP contribution < -0.4 is 10.6 Å². The van der Waals surface area contributed by atoms with E-state index in [0.29, 0.717) is 13.1 Å². The van der Waals surface area contributed by atoms with Gasteiger partial charge < -0.3 is 20.3 Å². The Balaban J connectivity index is 0.00000320. The molecule has 0 saturated carbocycles. The maximum absolute atomic E-state index is 12.0. The monoisotopic (exact) mass is 527 g/mol. The summed E-state index contributed by atoms with van der Waals surface area (Å²) in [7, 11) is 1.76. The second kappa shape index (κ2) is 10.6. The van der Waals surface area contributed by atoms with Gasteiger partial charge in [0.05, 0.1) is 6.04 Å². The van der Waals surface area contributed by atoms with Crippen LogP contribution >= 0.6 is 24.0 Å². The Morgan fingerprint density at radius 3 is 2.77 bits per heavy atom. The van der Waals surface area contributed by atoms with E-state index < -0.39 is 5.60 Å². The van der Waals surface area contributed by atoms with Crippen LogP contribution in [-0.2, 0) is 11.3 Å².